The lowest BCUT2D eigenvalue weighted by Crippen LogP contribution is -2.33. The number of aromatic nitrogens is 1. The summed E-state index contributed by atoms with van der Waals surface area (Å²) in [6.45, 7) is 5.63. The molecule has 0 spiro atoms. The number of furan rings is 1. The Morgan fingerprint density at radius 2 is 2.27 bits per heavy atom. The number of ketones is 1. The minimum Gasteiger partial charge on any atom is -0.468 e. The fraction of sp³-hybridized carbons (Fsp3) is 0.522. The summed E-state index contributed by atoms with van der Waals surface area (Å²) in [5.74, 6) is 2.46. The Kier molecular flexibility index (Phi) is 8.96. The van der Waals surface area contributed by atoms with E-state index in [2.05, 4.69) is 34.3 Å². The summed E-state index contributed by atoms with van der Waals surface area (Å²) in [4.78, 5) is 30.9. The predicted octanol–water partition coefficient (Wildman–Crippen LogP) is 3.46. The SMILES string of the molecule is CC1CCCN(Cc2ccnc(CCC(=O)CNC(=O)CSCc3ccco3)c2)C1. The molecular formula is C23H31N3O3S. The van der Waals surface area contributed by atoms with Crippen LogP contribution in [0.1, 0.15) is 43.2 Å². The highest BCUT2D eigenvalue weighted by atomic mass is 32.2. The molecule has 0 aliphatic carbocycles. The lowest BCUT2D eigenvalue weighted by Gasteiger charge is -2.30. The summed E-state index contributed by atoms with van der Waals surface area (Å²) in [5.41, 5.74) is 2.19. The van der Waals surface area contributed by atoms with E-state index in [1.807, 2.05) is 18.3 Å². The van der Waals surface area contributed by atoms with Gasteiger partial charge in [-0.2, -0.15) is 0 Å². The largest absolute Gasteiger partial charge is 0.468 e. The Labute approximate surface area is 182 Å². The number of likely N-dealkylation sites (tertiary alicyclic amines) is 1. The molecule has 1 aliphatic heterocycles. The zero-order chi connectivity index (χ0) is 21.2. The summed E-state index contributed by atoms with van der Waals surface area (Å²) in [5, 5.41) is 2.70. The van der Waals surface area contributed by atoms with Crippen LogP contribution >= 0.6 is 11.8 Å². The Bertz CT molecular complexity index is 810. The molecule has 1 fully saturated rings. The quantitative estimate of drug-likeness (QED) is 0.590. The number of nitrogens with one attached hydrogen (secondary N) is 1. The first kappa shape index (κ1) is 22.6. The van der Waals surface area contributed by atoms with Gasteiger partial charge in [0.1, 0.15) is 5.76 Å². The summed E-state index contributed by atoms with van der Waals surface area (Å²) < 4.78 is 5.23. The molecule has 3 heterocycles. The number of piperidine rings is 1. The minimum atomic E-state index is -0.129. The van der Waals surface area contributed by atoms with Crippen LogP contribution in [0.25, 0.3) is 0 Å². The van der Waals surface area contributed by atoms with Gasteiger partial charge in [-0.05, 0) is 61.6 Å². The lowest BCUT2D eigenvalue weighted by atomic mass is 10.00. The second kappa shape index (κ2) is 11.9. The van der Waals surface area contributed by atoms with Crippen LogP contribution in [0.3, 0.4) is 0 Å². The minimum absolute atomic E-state index is 0.0245. The van der Waals surface area contributed by atoms with E-state index in [1.54, 1.807) is 6.26 Å². The van der Waals surface area contributed by atoms with Gasteiger partial charge in [0.05, 0.1) is 24.3 Å². The number of carbonyl (C=O) groups excluding carboxylic acids is 2. The van der Waals surface area contributed by atoms with Crippen molar-refractivity contribution < 1.29 is 14.0 Å². The molecule has 1 atom stereocenters. The van der Waals surface area contributed by atoms with Crippen molar-refractivity contribution in [3.05, 3.63) is 53.7 Å². The van der Waals surface area contributed by atoms with Crippen molar-refractivity contribution in [1.82, 2.24) is 15.2 Å². The van der Waals surface area contributed by atoms with Crippen LogP contribution in [0.2, 0.25) is 0 Å². The van der Waals surface area contributed by atoms with E-state index in [4.69, 9.17) is 4.42 Å². The highest BCUT2D eigenvalue weighted by Crippen LogP contribution is 2.18. The van der Waals surface area contributed by atoms with Crippen molar-refractivity contribution in [2.45, 2.75) is 44.9 Å². The lowest BCUT2D eigenvalue weighted by molar-refractivity contribution is -0.123. The predicted molar refractivity (Wildman–Crippen MR) is 119 cm³/mol. The highest BCUT2D eigenvalue weighted by molar-refractivity contribution is 7.99. The summed E-state index contributed by atoms with van der Waals surface area (Å²) >= 11 is 1.47. The van der Waals surface area contributed by atoms with E-state index in [0.717, 1.165) is 37.0 Å². The molecule has 0 aromatic carbocycles. The highest BCUT2D eigenvalue weighted by Gasteiger charge is 2.16. The Hall–Kier alpha value is -2.12. The maximum atomic E-state index is 12.1. The average molecular weight is 430 g/mol. The number of nitrogens with zero attached hydrogens (tertiary/aromatic N) is 2. The van der Waals surface area contributed by atoms with Crippen LogP contribution < -0.4 is 5.32 Å². The fourth-order valence-electron chi connectivity index (χ4n) is 3.69. The van der Waals surface area contributed by atoms with Crippen molar-refractivity contribution in [2.24, 2.45) is 5.92 Å². The first-order valence-electron chi connectivity index (χ1n) is 10.6. The molecule has 0 radical (unpaired) electrons. The number of amides is 1. The molecule has 162 valence electrons. The van der Waals surface area contributed by atoms with E-state index >= 15 is 0 Å². The second-order valence-electron chi connectivity index (χ2n) is 8.03. The topological polar surface area (TPSA) is 75.4 Å². The zero-order valence-electron chi connectivity index (χ0n) is 17.6. The van der Waals surface area contributed by atoms with Gasteiger partial charge < -0.3 is 9.73 Å². The van der Waals surface area contributed by atoms with Gasteiger partial charge in [-0.25, -0.2) is 0 Å². The van der Waals surface area contributed by atoms with Crippen LogP contribution in [0, 0.1) is 5.92 Å². The first-order chi connectivity index (χ1) is 14.6. The molecule has 1 amide bonds. The monoisotopic (exact) mass is 429 g/mol. The molecule has 30 heavy (non-hydrogen) atoms. The molecule has 2 aromatic heterocycles. The van der Waals surface area contributed by atoms with E-state index in [-0.39, 0.29) is 18.2 Å². The van der Waals surface area contributed by atoms with Gasteiger partial charge in [0, 0.05) is 31.4 Å². The zero-order valence-corrected chi connectivity index (χ0v) is 18.5. The Balaban J connectivity index is 1.33. The van der Waals surface area contributed by atoms with Crippen molar-refractivity contribution in [3.8, 4) is 0 Å². The van der Waals surface area contributed by atoms with Gasteiger partial charge in [0.2, 0.25) is 5.91 Å². The van der Waals surface area contributed by atoms with Crippen LogP contribution in [0.4, 0.5) is 0 Å². The molecule has 2 aromatic rings. The third-order valence-corrected chi connectivity index (χ3v) is 6.18. The average Bonchev–Trinajstić information content (AvgIpc) is 3.24. The van der Waals surface area contributed by atoms with E-state index in [1.165, 1.54) is 30.2 Å². The summed E-state index contributed by atoms with van der Waals surface area (Å²) in [7, 11) is 0. The fourth-order valence-corrected chi connectivity index (χ4v) is 4.45. The molecule has 6 nitrogen and oxygen atoms in total. The van der Waals surface area contributed by atoms with E-state index in [0.29, 0.717) is 24.3 Å². The number of carbonyl (C=O) groups is 2. The maximum absolute atomic E-state index is 12.1. The molecule has 7 heteroatoms. The number of pyridine rings is 1. The van der Waals surface area contributed by atoms with Gasteiger partial charge in [-0.15, -0.1) is 11.8 Å². The first-order valence-corrected chi connectivity index (χ1v) is 11.8. The van der Waals surface area contributed by atoms with E-state index < -0.39 is 0 Å². The summed E-state index contributed by atoms with van der Waals surface area (Å²) in [6.07, 6.45) is 7.02. The molecule has 1 aliphatic rings. The normalized spacial score (nSPS) is 17.0. The van der Waals surface area contributed by atoms with Crippen LogP contribution in [-0.2, 0) is 28.3 Å². The smallest absolute Gasteiger partial charge is 0.230 e. The van der Waals surface area contributed by atoms with Crippen LogP contribution in [0.5, 0.6) is 0 Å². The van der Waals surface area contributed by atoms with Crippen molar-refractivity contribution in [2.75, 3.05) is 25.4 Å². The number of Topliss-reactive ketones (excluding diaryl/α,β-unsaturated/α-hetero) is 1. The van der Waals surface area contributed by atoms with Gasteiger partial charge in [-0.3, -0.25) is 19.5 Å². The van der Waals surface area contributed by atoms with Gasteiger partial charge >= 0.3 is 0 Å². The number of aryl methyl sites for hydroxylation is 1. The van der Waals surface area contributed by atoms with Gasteiger partial charge in [-0.1, -0.05) is 6.92 Å². The standard InChI is InChI=1S/C23H31N3O3S/c1-18-4-2-10-26(14-18)15-19-8-9-24-20(12-19)6-7-21(27)13-25-23(28)17-30-16-22-5-3-11-29-22/h3,5,8-9,11-12,18H,2,4,6-7,10,13-17H2,1H3,(H,25,28). The molecule has 3 rings (SSSR count). The van der Waals surface area contributed by atoms with Crippen LogP contribution in [0.15, 0.2) is 41.1 Å². The molecule has 1 N–H and O–H groups in total. The molecule has 0 saturated carbocycles. The number of rotatable bonds is 11. The third kappa shape index (κ3) is 7.95. The third-order valence-electron chi connectivity index (χ3n) is 5.23. The van der Waals surface area contributed by atoms with Crippen LogP contribution in [-0.4, -0.2) is 47.0 Å². The number of hydrogen-bond donors (Lipinski definition) is 1. The van der Waals surface area contributed by atoms with Gasteiger partial charge in [0.15, 0.2) is 5.78 Å². The molecule has 1 unspecified atom stereocenters. The number of thioether (sulfide) groups is 1. The molecular weight excluding hydrogens is 398 g/mol. The summed E-state index contributed by atoms with van der Waals surface area (Å²) in [6, 6.07) is 7.87. The Morgan fingerprint density at radius 3 is 3.07 bits per heavy atom. The molecule has 1 saturated heterocycles. The van der Waals surface area contributed by atoms with Crippen molar-refractivity contribution in [1.29, 1.82) is 0 Å². The van der Waals surface area contributed by atoms with Gasteiger partial charge in [0.25, 0.3) is 0 Å². The second-order valence-corrected chi connectivity index (χ2v) is 9.01. The van der Waals surface area contributed by atoms with Crippen molar-refractivity contribution in [3.63, 3.8) is 0 Å². The van der Waals surface area contributed by atoms with Crippen molar-refractivity contribution >= 4 is 23.5 Å². The molecule has 0 bridgehead atoms. The maximum Gasteiger partial charge on any atom is 0.230 e. The number of hydrogen-bond acceptors (Lipinski definition) is 6. The van der Waals surface area contributed by atoms with E-state index in [9.17, 15) is 9.59 Å². The Morgan fingerprint density at radius 1 is 1.37 bits per heavy atom.